The summed E-state index contributed by atoms with van der Waals surface area (Å²) < 4.78 is 4.35. The van der Waals surface area contributed by atoms with Crippen LogP contribution in [0.5, 0.6) is 0 Å². The fourth-order valence-corrected chi connectivity index (χ4v) is 5.43. The number of nitrogens with one attached hydrogen (secondary N) is 2. The number of anilines is 1. The summed E-state index contributed by atoms with van der Waals surface area (Å²) in [5.41, 5.74) is 0.994. The fourth-order valence-electron chi connectivity index (χ4n) is 3.65. The molecule has 33 heavy (non-hydrogen) atoms. The molecule has 1 aliphatic rings. The Bertz CT molecular complexity index is 1370. The van der Waals surface area contributed by atoms with Crippen LogP contribution in [0.1, 0.15) is 44.0 Å². The maximum atomic E-state index is 12.8. The van der Waals surface area contributed by atoms with Gasteiger partial charge in [0.1, 0.15) is 5.82 Å². The van der Waals surface area contributed by atoms with Gasteiger partial charge in [0, 0.05) is 12.6 Å². The van der Waals surface area contributed by atoms with E-state index in [2.05, 4.69) is 27.4 Å². The zero-order valence-corrected chi connectivity index (χ0v) is 19.9. The van der Waals surface area contributed by atoms with Crippen LogP contribution in [0.3, 0.4) is 0 Å². The topological polar surface area (TPSA) is 110 Å². The first kappa shape index (κ1) is 21.9. The number of aromatic amines is 1. The number of thioether (sulfide) groups is 1. The zero-order valence-electron chi connectivity index (χ0n) is 18.3. The maximum Gasteiger partial charge on any atom is 0.330 e. The van der Waals surface area contributed by atoms with E-state index in [-0.39, 0.29) is 0 Å². The summed E-state index contributed by atoms with van der Waals surface area (Å²) in [6, 6.07) is 10.2. The molecule has 3 aromatic heterocycles. The summed E-state index contributed by atoms with van der Waals surface area (Å²) in [6.45, 7) is 3.12. The number of benzene rings is 1. The number of imidazole rings is 1. The van der Waals surface area contributed by atoms with E-state index >= 15 is 0 Å². The molecule has 0 bridgehead atoms. The second-order valence-corrected chi connectivity index (χ2v) is 10.3. The number of unbranched alkanes of at least 4 members (excludes halogenated alkanes) is 1. The molecule has 0 saturated heterocycles. The van der Waals surface area contributed by atoms with Gasteiger partial charge in [0.2, 0.25) is 5.13 Å². The third-order valence-corrected chi connectivity index (χ3v) is 7.50. The molecule has 2 N–H and O–H groups in total. The molecule has 1 saturated carbocycles. The van der Waals surface area contributed by atoms with Gasteiger partial charge in [-0.3, -0.25) is 14.3 Å². The Morgan fingerprint density at radius 2 is 2.00 bits per heavy atom. The number of aromatic nitrogens is 6. The predicted molar refractivity (Wildman–Crippen MR) is 131 cm³/mol. The highest BCUT2D eigenvalue weighted by Gasteiger charge is 2.23. The second kappa shape index (κ2) is 9.52. The van der Waals surface area contributed by atoms with Gasteiger partial charge in [-0.2, -0.15) is 0 Å². The van der Waals surface area contributed by atoms with Crippen molar-refractivity contribution in [2.75, 3.05) is 5.32 Å². The second-order valence-electron chi connectivity index (χ2n) is 8.12. The average Bonchev–Trinajstić information content (AvgIpc) is 3.38. The molecule has 0 spiro atoms. The zero-order chi connectivity index (χ0) is 22.8. The average molecular weight is 484 g/mol. The van der Waals surface area contributed by atoms with Crippen LogP contribution in [-0.4, -0.2) is 35.3 Å². The van der Waals surface area contributed by atoms with Gasteiger partial charge in [0.05, 0.1) is 12.3 Å². The summed E-state index contributed by atoms with van der Waals surface area (Å²) >= 11 is 3.08. The number of hydrogen-bond acceptors (Lipinski definition) is 8. The van der Waals surface area contributed by atoms with Crippen LogP contribution in [-0.2, 0) is 18.8 Å². The lowest BCUT2D eigenvalue weighted by atomic mass is 10.2. The summed E-state index contributed by atoms with van der Waals surface area (Å²) in [4.78, 5) is 32.8. The van der Waals surface area contributed by atoms with Gasteiger partial charge in [0.15, 0.2) is 15.5 Å². The highest BCUT2D eigenvalue weighted by molar-refractivity contribution is 8.00. The number of H-pyrrole nitrogens is 1. The number of fused-ring (bicyclic) bond motifs is 1. The minimum absolute atomic E-state index is 0.344. The molecular formula is C22H25N7O2S2. The van der Waals surface area contributed by atoms with E-state index in [1.165, 1.54) is 24.2 Å². The van der Waals surface area contributed by atoms with Gasteiger partial charge in [-0.25, -0.2) is 9.78 Å². The van der Waals surface area contributed by atoms with E-state index < -0.39 is 11.2 Å². The van der Waals surface area contributed by atoms with Gasteiger partial charge in [0.25, 0.3) is 5.56 Å². The van der Waals surface area contributed by atoms with Gasteiger partial charge < -0.3 is 9.88 Å². The van der Waals surface area contributed by atoms with Crippen molar-refractivity contribution in [2.24, 2.45) is 0 Å². The Balaban J connectivity index is 1.49. The molecule has 0 radical (unpaired) electrons. The number of aryl methyl sites for hydroxylation is 1. The van der Waals surface area contributed by atoms with Crippen molar-refractivity contribution in [3.8, 4) is 0 Å². The van der Waals surface area contributed by atoms with Gasteiger partial charge in [-0.1, -0.05) is 66.8 Å². The quantitative estimate of drug-likeness (QED) is 0.332. The highest BCUT2D eigenvalue weighted by Crippen LogP contribution is 2.32. The van der Waals surface area contributed by atoms with E-state index in [4.69, 9.17) is 4.98 Å². The predicted octanol–water partition coefficient (Wildman–Crippen LogP) is 3.45. The Morgan fingerprint density at radius 3 is 2.76 bits per heavy atom. The van der Waals surface area contributed by atoms with Crippen molar-refractivity contribution >= 4 is 39.4 Å². The normalized spacial score (nSPS) is 13.6. The van der Waals surface area contributed by atoms with E-state index in [1.807, 2.05) is 34.9 Å². The molecular weight excluding hydrogens is 458 g/mol. The Kier molecular flexibility index (Phi) is 6.32. The fraction of sp³-hybridized carbons (Fsp3) is 0.409. The third kappa shape index (κ3) is 4.88. The van der Waals surface area contributed by atoms with E-state index in [0.29, 0.717) is 36.0 Å². The lowest BCUT2D eigenvalue weighted by molar-refractivity contribution is 0.626. The molecule has 11 heteroatoms. The summed E-state index contributed by atoms with van der Waals surface area (Å²) in [5, 5.41) is 12.7. The molecule has 1 aromatic carbocycles. The summed E-state index contributed by atoms with van der Waals surface area (Å²) in [7, 11) is 0. The molecule has 1 fully saturated rings. The smallest absolute Gasteiger partial charge is 0.330 e. The van der Waals surface area contributed by atoms with Crippen LogP contribution in [0.25, 0.3) is 11.2 Å². The van der Waals surface area contributed by atoms with E-state index in [9.17, 15) is 9.59 Å². The van der Waals surface area contributed by atoms with Crippen LogP contribution in [0.15, 0.2) is 44.3 Å². The van der Waals surface area contributed by atoms with E-state index in [1.54, 1.807) is 16.3 Å². The van der Waals surface area contributed by atoms with Crippen molar-refractivity contribution < 1.29 is 0 Å². The van der Waals surface area contributed by atoms with E-state index in [0.717, 1.165) is 33.7 Å². The summed E-state index contributed by atoms with van der Waals surface area (Å²) in [6.07, 6.45) is 4.26. The van der Waals surface area contributed by atoms with Gasteiger partial charge >= 0.3 is 5.69 Å². The lowest BCUT2D eigenvalue weighted by Crippen LogP contribution is -2.31. The molecule has 0 unspecified atom stereocenters. The summed E-state index contributed by atoms with van der Waals surface area (Å²) in [5.74, 6) is 1.29. The molecule has 1 aliphatic carbocycles. The molecule has 4 aromatic rings. The first-order chi connectivity index (χ1) is 16.1. The van der Waals surface area contributed by atoms with Crippen molar-refractivity contribution in [1.82, 2.24) is 29.3 Å². The van der Waals surface area contributed by atoms with Gasteiger partial charge in [-0.15, -0.1) is 10.2 Å². The molecule has 0 atom stereocenters. The first-order valence-corrected chi connectivity index (χ1v) is 12.9. The third-order valence-electron chi connectivity index (χ3n) is 5.52. The van der Waals surface area contributed by atoms with Crippen LogP contribution in [0.4, 0.5) is 5.13 Å². The maximum absolute atomic E-state index is 12.8. The van der Waals surface area contributed by atoms with Crippen molar-refractivity contribution in [2.45, 2.75) is 61.8 Å². The molecule has 172 valence electrons. The highest BCUT2D eigenvalue weighted by atomic mass is 32.2. The largest absolute Gasteiger partial charge is 0.357 e. The number of nitrogens with zero attached hydrogens (tertiary/aromatic N) is 5. The van der Waals surface area contributed by atoms with Crippen LogP contribution >= 0.6 is 23.1 Å². The molecule has 0 amide bonds. The number of hydrogen-bond donors (Lipinski definition) is 2. The molecule has 3 heterocycles. The minimum Gasteiger partial charge on any atom is -0.357 e. The van der Waals surface area contributed by atoms with Gasteiger partial charge in [-0.05, 0) is 24.8 Å². The lowest BCUT2D eigenvalue weighted by Gasteiger charge is -2.08. The van der Waals surface area contributed by atoms with Crippen LogP contribution in [0.2, 0.25) is 0 Å². The Labute approximate surface area is 198 Å². The van der Waals surface area contributed by atoms with Crippen LogP contribution in [0, 0.1) is 0 Å². The van der Waals surface area contributed by atoms with Crippen LogP contribution < -0.4 is 16.6 Å². The first-order valence-electron chi connectivity index (χ1n) is 11.1. The Hall–Kier alpha value is -2.92. The SMILES string of the molecule is CCCCn1c(CSc2nnc(NC3CC3)s2)nc2c1c(=O)[nH]c(=O)n2Cc1ccccc1. The molecule has 5 rings (SSSR count). The number of rotatable bonds is 10. The van der Waals surface area contributed by atoms with Crippen molar-refractivity contribution in [3.63, 3.8) is 0 Å². The minimum atomic E-state index is -0.449. The Morgan fingerprint density at radius 1 is 1.18 bits per heavy atom. The van der Waals surface area contributed by atoms with Crippen molar-refractivity contribution in [3.05, 3.63) is 62.6 Å². The monoisotopic (exact) mass is 483 g/mol. The standard InChI is InChI=1S/C22H25N7O2S2/c1-2-3-11-28-16(13-32-22-27-26-20(33-22)23-15-9-10-15)24-18-17(28)19(30)25-21(31)29(18)12-14-7-5-4-6-8-14/h4-8,15H,2-3,9-13H2,1H3,(H,23,26)(H,25,30,31). The molecule has 9 nitrogen and oxygen atoms in total. The molecule has 0 aliphatic heterocycles. The van der Waals surface area contributed by atoms with Crippen molar-refractivity contribution in [1.29, 1.82) is 0 Å².